The van der Waals surface area contributed by atoms with Crippen molar-refractivity contribution in [2.45, 2.75) is 151 Å². The highest BCUT2D eigenvalue weighted by Crippen LogP contribution is 2.76. The summed E-state index contributed by atoms with van der Waals surface area (Å²) >= 11 is 0. The average Bonchev–Trinajstić information content (AvgIpc) is 3.94. The number of epoxide rings is 1. The van der Waals surface area contributed by atoms with Gasteiger partial charge in [0.25, 0.3) is 0 Å². The minimum atomic E-state index is -2.39. The van der Waals surface area contributed by atoms with E-state index in [0.717, 1.165) is 25.7 Å². The molecule has 8 aliphatic rings. The van der Waals surface area contributed by atoms with Gasteiger partial charge in [-0.05, 0) is 88.1 Å². The van der Waals surface area contributed by atoms with E-state index < -0.39 is 124 Å². The second-order valence-electron chi connectivity index (χ2n) is 21.7. The first-order chi connectivity index (χ1) is 31.8. The molecule has 15 nitrogen and oxygen atoms in total. The van der Waals surface area contributed by atoms with E-state index in [0.29, 0.717) is 17.6 Å². The molecule has 5 heterocycles. The zero-order valence-corrected chi connectivity index (χ0v) is 39.4. The van der Waals surface area contributed by atoms with Crippen molar-refractivity contribution in [1.82, 2.24) is 0 Å². The molecule has 16 atom stereocenters. The first-order valence-electron chi connectivity index (χ1n) is 24.2. The van der Waals surface area contributed by atoms with Crippen LogP contribution in [0.15, 0.2) is 72.8 Å². The molecule has 3 saturated carbocycles. The maximum atomic E-state index is 14.4. The molecule has 3 bridgehead atoms. The molecule has 10 rings (SSSR count). The second-order valence-corrected chi connectivity index (χ2v) is 21.7. The van der Waals surface area contributed by atoms with Gasteiger partial charge in [0.2, 0.25) is 0 Å². The van der Waals surface area contributed by atoms with Crippen molar-refractivity contribution in [3.8, 4) is 0 Å². The van der Waals surface area contributed by atoms with Crippen molar-refractivity contribution in [3.63, 3.8) is 0 Å². The molecule has 3 N–H and O–H groups in total. The summed E-state index contributed by atoms with van der Waals surface area (Å²) in [6.07, 6.45) is -2.25. The lowest BCUT2D eigenvalue weighted by molar-refractivity contribution is -0.459. The number of carbonyl (C=O) groups is 3. The topological polar surface area (TPSA) is 198 Å². The van der Waals surface area contributed by atoms with E-state index in [-0.39, 0.29) is 44.1 Å². The summed E-state index contributed by atoms with van der Waals surface area (Å²) in [7, 11) is 0. The van der Waals surface area contributed by atoms with Gasteiger partial charge >= 0.3 is 23.9 Å². The van der Waals surface area contributed by atoms with E-state index in [1.54, 1.807) is 81.4 Å². The molecular weight excluding hydrogens is 865 g/mol. The Labute approximate surface area is 391 Å². The van der Waals surface area contributed by atoms with Gasteiger partial charge in [-0.3, -0.25) is 4.79 Å². The van der Waals surface area contributed by atoms with Gasteiger partial charge in [0.05, 0.1) is 36.5 Å². The minimum absolute atomic E-state index is 0.00102. The minimum Gasteiger partial charge on any atom is -0.462 e. The molecule has 5 saturated heterocycles. The Kier molecular flexibility index (Phi) is 11.5. The molecule has 0 aromatic heterocycles. The van der Waals surface area contributed by atoms with Crippen molar-refractivity contribution in [2.24, 2.45) is 40.9 Å². The van der Waals surface area contributed by atoms with Crippen LogP contribution in [-0.2, 0) is 47.4 Å². The molecular formula is C52H66O15. The van der Waals surface area contributed by atoms with Crippen LogP contribution in [0, 0.1) is 40.9 Å². The summed E-state index contributed by atoms with van der Waals surface area (Å²) in [6, 6.07) is 17.1. The first kappa shape index (κ1) is 46.9. The van der Waals surface area contributed by atoms with Crippen molar-refractivity contribution in [2.75, 3.05) is 26.4 Å². The highest BCUT2D eigenvalue weighted by atomic mass is 16.9. The van der Waals surface area contributed by atoms with Crippen molar-refractivity contribution in [3.05, 3.63) is 83.9 Å². The van der Waals surface area contributed by atoms with Crippen LogP contribution in [0.4, 0.5) is 0 Å². The number of esters is 3. The van der Waals surface area contributed by atoms with Crippen LogP contribution in [0.2, 0.25) is 0 Å². The Morgan fingerprint density at radius 3 is 2.07 bits per heavy atom. The highest BCUT2D eigenvalue weighted by molar-refractivity contribution is 5.90. The molecule has 8 fully saturated rings. The van der Waals surface area contributed by atoms with Gasteiger partial charge in [-0.2, -0.15) is 0 Å². The fraction of sp³-hybridized carbons (Fsp3) is 0.673. The van der Waals surface area contributed by atoms with Crippen LogP contribution in [-0.4, -0.2) is 124 Å². The van der Waals surface area contributed by atoms with Gasteiger partial charge in [0.1, 0.15) is 53.7 Å². The molecule has 3 aliphatic carbocycles. The monoisotopic (exact) mass is 930 g/mol. The normalized spacial score (nSPS) is 44.3. The Morgan fingerprint density at radius 1 is 0.806 bits per heavy atom. The molecule has 2 spiro atoms. The lowest BCUT2D eigenvalue weighted by Crippen LogP contribution is -2.75. The van der Waals surface area contributed by atoms with Crippen LogP contribution < -0.4 is 0 Å². The molecule has 2 aromatic rings. The Bertz CT molecular complexity index is 2240. The molecule has 4 unspecified atom stereocenters. The van der Waals surface area contributed by atoms with Crippen LogP contribution >= 0.6 is 0 Å². The Hall–Kier alpha value is -3.77. The van der Waals surface area contributed by atoms with E-state index in [1.165, 1.54) is 0 Å². The largest absolute Gasteiger partial charge is 0.462 e. The maximum absolute atomic E-state index is 14.4. The quantitative estimate of drug-likeness (QED) is 0.120. The SMILES string of the molecule is C=C(C)[C@]12C[C@@H](COC(=O)c3ccccc3)[C@@]34OC5(O[C@@H]1C3[C@@H]1O[C@]1(COC(=O)C1(C)COC(C)(C)OC1)[C@@H](O)[C@@]1(O)C4C([C@H](C)CCCCCC[C@H]5O)[C@H](C)[C@@H]1OC(=O)c1ccccc1)O2. The molecule has 0 radical (unpaired) electrons. The molecule has 67 heavy (non-hydrogen) atoms. The third kappa shape index (κ3) is 7.03. The summed E-state index contributed by atoms with van der Waals surface area (Å²) in [5.41, 5.74) is -7.33. The number of ether oxygens (including phenoxy) is 9. The molecule has 2 aromatic carbocycles. The smallest absolute Gasteiger partial charge is 0.338 e. The molecule has 15 heteroatoms. The van der Waals surface area contributed by atoms with Gasteiger partial charge in [0.15, 0.2) is 11.4 Å². The summed E-state index contributed by atoms with van der Waals surface area (Å²) in [5.74, 6) is -9.11. The van der Waals surface area contributed by atoms with Gasteiger partial charge in [0, 0.05) is 17.8 Å². The van der Waals surface area contributed by atoms with Crippen LogP contribution in [0.1, 0.15) is 107 Å². The van der Waals surface area contributed by atoms with E-state index in [1.807, 2.05) is 13.8 Å². The van der Waals surface area contributed by atoms with Crippen LogP contribution in [0.25, 0.3) is 0 Å². The van der Waals surface area contributed by atoms with Gasteiger partial charge in [-0.25, -0.2) is 9.59 Å². The van der Waals surface area contributed by atoms with E-state index >= 15 is 0 Å². The zero-order valence-electron chi connectivity index (χ0n) is 39.4. The number of aliphatic hydroxyl groups is 3. The number of fused-ring (bicyclic) bond motifs is 1. The number of hydrogen-bond donors (Lipinski definition) is 3. The van der Waals surface area contributed by atoms with Crippen molar-refractivity contribution >= 4 is 17.9 Å². The lowest BCUT2D eigenvalue weighted by atomic mass is 9.51. The maximum Gasteiger partial charge on any atom is 0.338 e. The predicted octanol–water partition coefficient (Wildman–Crippen LogP) is 5.67. The summed E-state index contributed by atoms with van der Waals surface area (Å²) in [4.78, 5) is 42.6. The van der Waals surface area contributed by atoms with Crippen molar-refractivity contribution < 1.29 is 72.3 Å². The van der Waals surface area contributed by atoms with Gasteiger partial charge in [-0.1, -0.05) is 88.9 Å². The number of hydrogen-bond acceptors (Lipinski definition) is 15. The van der Waals surface area contributed by atoms with Crippen LogP contribution in [0.5, 0.6) is 0 Å². The number of aliphatic hydroxyl groups excluding tert-OH is 2. The summed E-state index contributed by atoms with van der Waals surface area (Å²) in [5, 5.41) is 40.3. The average molecular weight is 931 g/mol. The Morgan fingerprint density at radius 2 is 1.43 bits per heavy atom. The van der Waals surface area contributed by atoms with Crippen LogP contribution in [0.3, 0.4) is 0 Å². The number of carbonyl (C=O) groups excluding carboxylic acids is 3. The van der Waals surface area contributed by atoms with E-state index in [9.17, 15) is 29.7 Å². The lowest BCUT2D eigenvalue weighted by Gasteiger charge is -2.62. The number of rotatable bonds is 9. The molecule has 364 valence electrons. The summed E-state index contributed by atoms with van der Waals surface area (Å²) in [6.45, 7) is 14.7. The van der Waals surface area contributed by atoms with Crippen molar-refractivity contribution in [1.29, 1.82) is 0 Å². The van der Waals surface area contributed by atoms with E-state index in [2.05, 4.69) is 13.5 Å². The van der Waals surface area contributed by atoms with Gasteiger partial charge in [-0.15, -0.1) is 0 Å². The number of benzene rings is 2. The standard InChI is InChI=1S/C52H66O15/c1-29(2)48-24-34(25-59-42(54)32-19-13-10-14-20-32)51-37-40(48)65-52(66-48,67-51)35(53)23-17-9-8-12-18-30(3)36-31(4)39(63-43(55)33-21-15-11-16-22-33)50(58,38(36)51)44(56)49(41(37)64-49)28-60-45(57)47(7)26-61-46(5,6)62-27-47/h10-11,13-16,19-22,30-31,34-41,44,53,56,58H,1,8-9,12,17-18,23-28H2,2-7H3/t30-,31+,34+,35-,36?,37?,38?,39+,40-,41+,44-,48-,49+,50-,51-,52?/m1/s1. The second kappa shape index (κ2) is 16.4. The molecule has 5 aliphatic heterocycles. The predicted molar refractivity (Wildman–Crippen MR) is 237 cm³/mol. The van der Waals surface area contributed by atoms with Gasteiger partial charge < -0.3 is 58.0 Å². The fourth-order valence-corrected chi connectivity index (χ4v) is 13.6. The zero-order chi connectivity index (χ0) is 47.5. The highest BCUT2D eigenvalue weighted by Gasteiger charge is 2.91. The third-order valence-corrected chi connectivity index (χ3v) is 17.1. The fourth-order valence-electron chi connectivity index (χ4n) is 13.6. The third-order valence-electron chi connectivity index (χ3n) is 17.1. The first-order valence-corrected chi connectivity index (χ1v) is 24.2. The molecule has 0 amide bonds. The Balaban J connectivity index is 1.17. The summed E-state index contributed by atoms with van der Waals surface area (Å²) < 4.78 is 59.4. The van der Waals surface area contributed by atoms with E-state index in [4.69, 9.17) is 42.6 Å².